The first kappa shape index (κ1) is 13.7. The highest BCUT2D eigenvalue weighted by molar-refractivity contribution is 5.15. The summed E-state index contributed by atoms with van der Waals surface area (Å²) in [5.41, 5.74) is 2.13. The molecule has 19 heavy (non-hydrogen) atoms. The summed E-state index contributed by atoms with van der Waals surface area (Å²) < 4.78 is 2.22. The molecule has 0 radical (unpaired) electrons. The van der Waals surface area contributed by atoms with Crippen LogP contribution in [0.2, 0.25) is 0 Å². The molecule has 102 valence electrons. The number of hydrogen-bond acceptors (Lipinski definition) is 3. The second-order valence-corrected chi connectivity index (χ2v) is 4.79. The van der Waals surface area contributed by atoms with Crippen LogP contribution in [-0.4, -0.2) is 21.6 Å². The molecule has 2 rings (SSSR count). The zero-order valence-corrected chi connectivity index (χ0v) is 11.9. The molecule has 1 N–H and O–H groups in total. The fourth-order valence-electron chi connectivity index (χ4n) is 2.27. The van der Waals surface area contributed by atoms with Gasteiger partial charge in [-0.15, -0.1) is 0 Å². The fourth-order valence-corrected chi connectivity index (χ4v) is 2.27. The molecule has 0 aliphatic rings. The lowest BCUT2D eigenvalue weighted by molar-refractivity contribution is 0.532. The number of pyridine rings is 1. The van der Waals surface area contributed by atoms with E-state index in [0.717, 1.165) is 36.6 Å². The first-order valence-electron chi connectivity index (χ1n) is 6.85. The number of rotatable bonds is 6. The van der Waals surface area contributed by atoms with Gasteiger partial charge in [0.2, 0.25) is 0 Å². The minimum Gasteiger partial charge on any atom is -0.335 e. The molecule has 1 unspecified atom stereocenters. The predicted octanol–water partition coefficient (Wildman–Crippen LogP) is 2.50. The van der Waals surface area contributed by atoms with Gasteiger partial charge in [-0.2, -0.15) is 0 Å². The Labute approximate surface area is 114 Å². The Bertz CT molecular complexity index is 518. The van der Waals surface area contributed by atoms with Gasteiger partial charge in [0.25, 0.3) is 0 Å². The molecule has 2 heterocycles. The number of likely N-dealkylation sites (N-methyl/N-ethyl adjacent to an activating group) is 1. The van der Waals surface area contributed by atoms with Crippen LogP contribution in [0.4, 0.5) is 0 Å². The van der Waals surface area contributed by atoms with Gasteiger partial charge in [0.15, 0.2) is 0 Å². The molecule has 0 bridgehead atoms. The van der Waals surface area contributed by atoms with Crippen molar-refractivity contribution in [1.29, 1.82) is 0 Å². The van der Waals surface area contributed by atoms with Crippen LogP contribution in [0, 0.1) is 6.92 Å². The van der Waals surface area contributed by atoms with Crippen molar-refractivity contribution >= 4 is 0 Å². The van der Waals surface area contributed by atoms with E-state index in [2.05, 4.69) is 45.1 Å². The predicted molar refractivity (Wildman–Crippen MR) is 77.0 cm³/mol. The van der Waals surface area contributed by atoms with Crippen molar-refractivity contribution in [2.24, 2.45) is 0 Å². The van der Waals surface area contributed by atoms with E-state index in [1.165, 1.54) is 0 Å². The van der Waals surface area contributed by atoms with Crippen molar-refractivity contribution in [3.8, 4) is 0 Å². The van der Waals surface area contributed by atoms with Crippen molar-refractivity contribution in [2.45, 2.75) is 39.3 Å². The molecule has 0 saturated carbocycles. The van der Waals surface area contributed by atoms with Crippen molar-refractivity contribution in [3.63, 3.8) is 0 Å². The lowest BCUT2D eigenvalue weighted by Crippen LogP contribution is -2.22. The molecule has 4 heteroatoms. The van der Waals surface area contributed by atoms with Crippen molar-refractivity contribution in [3.05, 3.63) is 47.8 Å². The molecule has 1 atom stereocenters. The smallest absolute Gasteiger partial charge is 0.110 e. The molecule has 0 aliphatic carbocycles. The molecule has 0 aromatic carbocycles. The third-order valence-corrected chi connectivity index (χ3v) is 3.27. The van der Waals surface area contributed by atoms with E-state index in [1.807, 2.05) is 26.2 Å². The van der Waals surface area contributed by atoms with Crippen LogP contribution in [0.25, 0.3) is 0 Å². The molecule has 0 aliphatic heterocycles. The first-order chi connectivity index (χ1) is 9.24. The van der Waals surface area contributed by atoms with Gasteiger partial charge in [-0.25, -0.2) is 4.98 Å². The largest absolute Gasteiger partial charge is 0.335 e. The van der Waals surface area contributed by atoms with Crippen LogP contribution in [0.1, 0.15) is 36.6 Å². The van der Waals surface area contributed by atoms with Crippen LogP contribution >= 0.6 is 0 Å². The van der Waals surface area contributed by atoms with Gasteiger partial charge in [0.05, 0.1) is 11.7 Å². The summed E-state index contributed by atoms with van der Waals surface area (Å²) in [7, 11) is 1.97. The first-order valence-corrected chi connectivity index (χ1v) is 6.85. The highest BCUT2D eigenvalue weighted by atomic mass is 15.1. The van der Waals surface area contributed by atoms with Crippen LogP contribution in [0.15, 0.2) is 30.6 Å². The molecule has 4 nitrogen and oxygen atoms in total. The van der Waals surface area contributed by atoms with Gasteiger partial charge in [-0.3, -0.25) is 4.98 Å². The Morgan fingerprint density at radius 3 is 2.89 bits per heavy atom. The maximum atomic E-state index is 4.60. The van der Waals surface area contributed by atoms with E-state index >= 15 is 0 Å². The zero-order chi connectivity index (χ0) is 13.7. The number of hydrogen-bond donors (Lipinski definition) is 1. The number of imidazole rings is 1. The monoisotopic (exact) mass is 258 g/mol. The van der Waals surface area contributed by atoms with E-state index in [9.17, 15) is 0 Å². The van der Waals surface area contributed by atoms with Gasteiger partial charge in [-0.1, -0.05) is 13.0 Å². The van der Waals surface area contributed by atoms with Gasteiger partial charge in [0.1, 0.15) is 5.82 Å². The van der Waals surface area contributed by atoms with Crippen molar-refractivity contribution < 1.29 is 0 Å². The van der Waals surface area contributed by atoms with E-state index in [-0.39, 0.29) is 6.04 Å². The Hall–Kier alpha value is -1.68. The topological polar surface area (TPSA) is 42.7 Å². The van der Waals surface area contributed by atoms with Gasteiger partial charge < -0.3 is 9.88 Å². The quantitative estimate of drug-likeness (QED) is 0.865. The van der Waals surface area contributed by atoms with Crippen molar-refractivity contribution in [1.82, 2.24) is 19.9 Å². The summed E-state index contributed by atoms with van der Waals surface area (Å²) in [5, 5.41) is 3.34. The lowest BCUT2D eigenvalue weighted by atomic mass is 10.1. The zero-order valence-electron chi connectivity index (χ0n) is 11.9. The second-order valence-electron chi connectivity index (χ2n) is 4.79. The Kier molecular flexibility index (Phi) is 4.68. The third-order valence-electron chi connectivity index (χ3n) is 3.27. The van der Waals surface area contributed by atoms with E-state index in [4.69, 9.17) is 0 Å². The third kappa shape index (κ3) is 3.41. The SMILES string of the molecule is CCCn1ccnc1CC(NC)c1cccc(C)n1. The van der Waals surface area contributed by atoms with Gasteiger partial charge in [0, 0.05) is 31.1 Å². The normalized spacial score (nSPS) is 12.6. The molecular weight excluding hydrogens is 236 g/mol. The second kappa shape index (κ2) is 6.48. The van der Waals surface area contributed by atoms with Gasteiger partial charge in [-0.05, 0) is 32.5 Å². The highest BCUT2D eigenvalue weighted by Gasteiger charge is 2.14. The summed E-state index contributed by atoms with van der Waals surface area (Å²) in [6, 6.07) is 6.36. The maximum Gasteiger partial charge on any atom is 0.110 e. The Balaban J connectivity index is 2.17. The minimum atomic E-state index is 0.206. The highest BCUT2D eigenvalue weighted by Crippen LogP contribution is 2.16. The molecule has 2 aromatic rings. The minimum absolute atomic E-state index is 0.206. The molecule has 0 spiro atoms. The van der Waals surface area contributed by atoms with E-state index < -0.39 is 0 Å². The summed E-state index contributed by atoms with van der Waals surface area (Å²) in [5.74, 6) is 1.12. The summed E-state index contributed by atoms with van der Waals surface area (Å²) >= 11 is 0. The van der Waals surface area contributed by atoms with Gasteiger partial charge >= 0.3 is 0 Å². The van der Waals surface area contributed by atoms with E-state index in [1.54, 1.807) is 0 Å². The number of aryl methyl sites for hydroxylation is 2. The van der Waals surface area contributed by atoms with Crippen LogP contribution in [-0.2, 0) is 13.0 Å². The molecule has 0 saturated heterocycles. The number of nitrogens with zero attached hydrogens (tertiary/aromatic N) is 3. The average molecular weight is 258 g/mol. The van der Waals surface area contributed by atoms with Crippen LogP contribution in [0.5, 0.6) is 0 Å². The Morgan fingerprint density at radius 2 is 2.21 bits per heavy atom. The lowest BCUT2D eigenvalue weighted by Gasteiger charge is -2.16. The summed E-state index contributed by atoms with van der Waals surface area (Å²) in [4.78, 5) is 9.07. The summed E-state index contributed by atoms with van der Waals surface area (Å²) in [6.45, 7) is 5.22. The van der Waals surface area contributed by atoms with Crippen LogP contribution in [0.3, 0.4) is 0 Å². The Morgan fingerprint density at radius 1 is 1.37 bits per heavy atom. The van der Waals surface area contributed by atoms with E-state index in [0.29, 0.717) is 0 Å². The average Bonchev–Trinajstić information content (AvgIpc) is 2.84. The molecule has 2 aromatic heterocycles. The van der Waals surface area contributed by atoms with Crippen molar-refractivity contribution in [2.75, 3.05) is 7.05 Å². The number of aromatic nitrogens is 3. The molecule has 0 fully saturated rings. The molecule has 0 amide bonds. The van der Waals surface area contributed by atoms with Crippen LogP contribution < -0.4 is 5.32 Å². The maximum absolute atomic E-state index is 4.60. The molecular formula is C15H22N4. The number of nitrogens with one attached hydrogen (secondary N) is 1. The standard InChI is InChI=1S/C15H22N4/c1-4-9-19-10-8-17-15(19)11-14(16-3)13-7-5-6-12(2)18-13/h5-8,10,14,16H,4,9,11H2,1-3H3. The summed E-state index contributed by atoms with van der Waals surface area (Å²) in [6.07, 6.45) is 5.91. The fraction of sp³-hybridized carbons (Fsp3) is 0.467.